The Labute approximate surface area is 74.4 Å². The van der Waals surface area contributed by atoms with Gasteiger partial charge in [-0.3, -0.25) is 4.90 Å². The van der Waals surface area contributed by atoms with Crippen molar-refractivity contribution in [2.24, 2.45) is 0 Å². The van der Waals surface area contributed by atoms with Crippen molar-refractivity contribution in [2.45, 2.75) is 31.8 Å². The standard InChI is InChI=1S/C9H17N3/c1-8(7-10)12(2)9-3-5-11-6-4-9/h8-9,11H,3-6H2,1-2H3. The van der Waals surface area contributed by atoms with Crippen LogP contribution in [0.1, 0.15) is 19.8 Å². The Bertz CT molecular complexity index is 167. The summed E-state index contributed by atoms with van der Waals surface area (Å²) in [6.45, 7) is 4.14. The van der Waals surface area contributed by atoms with Gasteiger partial charge in [-0.15, -0.1) is 0 Å². The highest BCUT2D eigenvalue weighted by Crippen LogP contribution is 2.11. The summed E-state index contributed by atoms with van der Waals surface area (Å²) in [5, 5.41) is 12.0. The van der Waals surface area contributed by atoms with E-state index in [2.05, 4.69) is 16.3 Å². The first-order valence-corrected chi connectivity index (χ1v) is 4.58. The maximum Gasteiger partial charge on any atom is 0.0949 e. The lowest BCUT2D eigenvalue weighted by Gasteiger charge is -2.32. The third kappa shape index (κ3) is 2.20. The average molecular weight is 167 g/mol. The molecule has 1 heterocycles. The second-order valence-electron chi connectivity index (χ2n) is 3.45. The topological polar surface area (TPSA) is 39.1 Å². The van der Waals surface area contributed by atoms with Crippen molar-refractivity contribution in [3.05, 3.63) is 0 Å². The third-order valence-corrected chi connectivity index (χ3v) is 2.68. The SMILES string of the molecule is CC(C#N)N(C)C1CCNCC1. The lowest BCUT2D eigenvalue weighted by atomic mass is 10.0. The van der Waals surface area contributed by atoms with Crippen LogP contribution in [0.2, 0.25) is 0 Å². The zero-order valence-corrected chi connectivity index (χ0v) is 7.88. The van der Waals surface area contributed by atoms with Gasteiger partial charge in [0, 0.05) is 6.04 Å². The molecule has 3 nitrogen and oxygen atoms in total. The molecule has 12 heavy (non-hydrogen) atoms. The lowest BCUT2D eigenvalue weighted by Crippen LogP contribution is -2.44. The highest BCUT2D eigenvalue weighted by Gasteiger charge is 2.20. The first-order chi connectivity index (χ1) is 5.75. The summed E-state index contributed by atoms with van der Waals surface area (Å²) in [6, 6.07) is 2.91. The quantitative estimate of drug-likeness (QED) is 0.654. The van der Waals surface area contributed by atoms with E-state index in [0.29, 0.717) is 6.04 Å². The van der Waals surface area contributed by atoms with Crippen LogP contribution >= 0.6 is 0 Å². The molecule has 0 saturated carbocycles. The number of nitriles is 1. The first kappa shape index (κ1) is 9.50. The molecule has 0 aliphatic carbocycles. The highest BCUT2D eigenvalue weighted by molar-refractivity contribution is 4.90. The fourth-order valence-electron chi connectivity index (χ4n) is 1.62. The Balaban J connectivity index is 2.40. The molecule has 3 heteroatoms. The molecule has 68 valence electrons. The van der Waals surface area contributed by atoms with Crippen LogP contribution in [0, 0.1) is 11.3 Å². The van der Waals surface area contributed by atoms with Crippen LogP contribution in [0.3, 0.4) is 0 Å². The molecule has 0 bridgehead atoms. The summed E-state index contributed by atoms with van der Waals surface area (Å²) in [6.07, 6.45) is 2.34. The van der Waals surface area contributed by atoms with Crippen LogP contribution in [-0.4, -0.2) is 37.1 Å². The van der Waals surface area contributed by atoms with Crippen molar-refractivity contribution < 1.29 is 0 Å². The van der Waals surface area contributed by atoms with E-state index in [1.165, 1.54) is 12.8 Å². The Hall–Kier alpha value is -0.590. The summed E-state index contributed by atoms with van der Waals surface area (Å²) in [4.78, 5) is 2.18. The highest BCUT2D eigenvalue weighted by atomic mass is 15.2. The largest absolute Gasteiger partial charge is 0.317 e. The van der Waals surface area contributed by atoms with Gasteiger partial charge in [0.1, 0.15) is 0 Å². The van der Waals surface area contributed by atoms with E-state index in [1.807, 2.05) is 14.0 Å². The minimum absolute atomic E-state index is 0.0492. The van der Waals surface area contributed by atoms with Crippen molar-refractivity contribution in [3.8, 4) is 6.07 Å². The smallest absolute Gasteiger partial charge is 0.0949 e. The normalized spacial score (nSPS) is 22.2. The Morgan fingerprint density at radius 1 is 1.50 bits per heavy atom. The van der Waals surface area contributed by atoms with Crippen molar-refractivity contribution in [2.75, 3.05) is 20.1 Å². The molecule has 1 rings (SSSR count). The summed E-state index contributed by atoms with van der Waals surface area (Å²) < 4.78 is 0. The fraction of sp³-hybridized carbons (Fsp3) is 0.889. The Morgan fingerprint density at radius 2 is 2.08 bits per heavy atom. The summed E-state index contributed by atoms with van der Waals surface area (Å²) in [5.74, 6) is 0. The van der Waals surface area contributed by atoms with Gasteiger partial charge in [-0.05, 0) is 39.9 Å². The van der Waals surface area contributed by atoms with Crippen molar-refractivity contribution in [1.29, 1.82) is 5.26 Å². The van der Waals surface area contributed by atoms with Gasteiger partial charge < -0.3 is 5.32 Å². The number of piperidine rings is 1. The van der Waals surface area contributed by atoms with E-state index >= 15 is 0 Å². The second kappa shape index (κ2) is 4.44. The number of hydrogen-bond donors (Lipinski definition) is 1. The van der Waals surface area contributed by atoms with Crippen LogP contribution < -0.4 is 5.32 Å². The van der Waals surface area contributed by atoms with Gasteiger partial charge in [-0.2, -0.15) is 5.26 Å². The lowest BCUT2D eigenvalue weighted by molar-refractivity contribution is 0.178. The molecule has 1 saturated heterocycles. The van der Waals surface area contributed by atoms with Gasteiger partial charge in [0.15, 0.2) is 0 Å². The maximum absolute atomic E-state index is 8.73. The Morgan fingerprint density at radius 3 is 2.58 bits per heavy atom. The summed E-state index contributed by atoms with van der Waals surface area (Å²) in [5.41, 5.74) is 0. The van der Waals surface area contributed by atoms with Gasteiger partial charge in [0.2, 0.25) is 0 Å². The van der Waals surface area contributed by atoms with E-state index in [0.717, 1.165) is 13.1 Å². The van der Waals surface area contributed by atoms with Crippen molar-refractivity contribution in [3.63, 3.8) is 0 Å². The minimum Gasteiger partial charge on any atom is -0.317 e. The van der Waals surface area contributed by atoms with Crippen LogP contribution in [0.4, 0.5) is 0 Å². The number of nitrogens with zero attached hydrogens (tertiary/aromatic N) is 2. The average Bonchev–Trinajstić information content (AvgIpc) is 2.17. The van der Waals surface area contributed by atoms with Gasteiger partial charge in [-0.25, -0.2) is 0 Å². The molecule has 0 amide bonds. The van der Waals surface area contributed by atoms with Gasteiger partial charge in [-0.1, -0.05) is 0 Å². The molecular formula is C9H17N3. The number of rotatable bonds is 2. The van der Waals surface area contributed by atoms with Gasteiger partial charge in [0.05, 0.1) is 12.1 Å². The summed E-state index contributed by atoms with van der Waals surface area (Å²) >= 11 is 0. The van der Waals surface area contributed by atoms with E-state index in [-0.39, 0.29) is 6.04 Å². The molecule has 0 radical (unpaired) electrons. The minimum atomic E-state index is 0.0492. The monoisotopic (exact) mass is 167 g/mol. The van der Waals surface area contributed by atoms with E-state index in [1.54, 1.807) is 0 Å². The molecular weight excluding hydrogens is 150 g/mol. The van der Waals surface area contributed by atoms with Crippen molar-refractivity contribution in [1.82, 2.24) is 10.2 Å². The number of hydrogen-bond acceptors (Lipinski definition) is 3. The van der Waals surface area contributed by atoms with Gasteiger partial charge in [0.25, 0.3) is 0 Å². The summed E-state index contributed by atoms with van der Waals surface area (Å²) in [7, 11) is 2.05. The first-order valence-electron chi connectivity index (χ1n) is 4.58. The number of nitrogens with one attached hydrogen (secondary N) is 1. The van der Waals surface area contributed by atoms with Gasteiger partial charge >= 0.3 is 0 Å². The predicted octanol–water partition coefficient (Wildman–Crippen LogP) is 0.582. The third-order valence-electron chi connectivity index (χ3n) is 2.68. The zero-order valence-electron chi connectivity index (χ0n) is 7.88. The van der Waals surface area contributed by atoms with Crippen LogP contribution in [0.25, 0.3) is 0 Å². The Kier molecular flexibility index (Phi) is 3.51. The van der Waals surface area contributed by atoms with E-state index in [9.17, 15) is 0 Å². The predicted molar refractivity (Wildman–Crippen MR) is 48.7 cm³/mol. The molecule has 0 aromatic rings. The van der Waals surface area contributed by atoms with Crippen LogP contribution in [-0.2, 0) is 0 Å². The zero-order chi connectivity index (χ0) is 8.97. The maximum atomic E-state index is 8.73. The molecule has 1 N–H and O–H groups in total. The molecule has 0 aromatic carbocycles. The second-order valence-corrected chi connectivity index (χ2v) is 3.45. The molecule has 0 spiro atoms. The molecule has 1 unspecified atom stereocenters. The molecule has 1 fully saturated rings. The van der Waals surface area contributed by atoms with Crippen molar-refractivity contribution >= 4 is 0 Å². The molecule has 1 aliphatic rings. The van der Waals surface area contributed by atoms with Crippen LogP contribution in [0.5, 0.6) is 0 Å². The van der Waals surface area contributed by atoms with E-state index in [4.69, 9.17) is 5.26 Å². The molecule has 1 aliphatic heterocycles. The van der Waals surface area contributed by atoms with E-state index < -0.39 is 0 Å². The molecule has 1 atom stereocenters. The van der Waals surface area contributed by atoms with Crippen LogP contribution in [0.15, 0.2) is 0 Å². The molecule has 0 aromatic heterocycles. The fourth-order valence-corrected chi connectivity index (χ4v) is 1.62.